The van der Waals surface area contributed by atoms with Gasteiger partial charge in [0.1, 0.15) is 11.6 Å². The van der Waals surface area contributed by atoms with Crippen molar-refractivity contribution in [3.8, 4) is 0 Å². The summed E-state index contributed by atoms with van der Waals surface area (Å²) in [6, 6.07) is 12.5. The number of nitrogens with one attached hydrogen (secondary N) is 1. The highest BCUT2D eigenvalue weighted by Crippen LogP contribution is 2.51. The van der Waals surface area contributed by atoms with Crippen molar-refractivity contribution in [1.29, 1.82) is 0 Å². The topological polar surface area (TPSA) is 94.6 Å². The summed E-state index contributed by atoms with van der Waals surface area (Å²) >= 11 is 0. The molecule has 2 aromatic carbocycles. The normalized spacial score (nSPS) is 16.9. The van der Waals surface area contributed by atoms with Gasteiger partial charge in [0, 0.05) is 49.4 Å². The lowest BCUT2D eigenvalue weighted by atomic mass is 10.1. The molecular formula is C21H25FN4O2S. The Morgan fingerprint density at radius 1 is 1.24 bits per heavy atom. The number of fused-ring (bicyclic) bond motifs is 2. The molecule has 0 aliphatic carbocycles. The van der Waals surface area contributed by atoms with Gasteiger partial charge in [-0.3, -0.25) is 9.11 Å². The van der Waals surface area contributed by atoms with Crippen molar-refractivity contribution in [3.05, 3.63) is 59.4 Å². The van der Waals surface area contributed by atoms with Crippen LogP contribution in [0.1, 0.15) is 11.1 Å². The zero-order chi connectivity index (χ0) is 20.6. The highest BCUT2D eigenvalue weighted by atomic mass is 32.3. The Morgan fingerprint density at radius 2 is 2.03 bits per heavy atom. The molecule has 2 heterocycles. The molecular weight excluding hydrogens is 391 g/mol. The Kier molecular flexibility index (Phi) is 5.35. The standard InChI is InChI=1S/C21H25FN4O2S/c1-14-10-16-18(24-7-6-23)12-21(25-19(16)11-17(14)22)26-8-9-29(27,28)20-5-3-2-4-15(20)13-26/h2-5,10-12,27-28H,6-9,13,23H2,1H3,(H,24,25). The molecule has 0 atom stereocenters. The van der Waals surface area contributed by atoms with Crippen molar-refractivity contribution in [2.45, 2.75) is 18.4 Å². The van der Waals surface area contributed by atoms with E-state index in [1.165, 1.54) is 6.07 Å². The molecule has 0 radical (unpaired) electrons. The molecule has 8 heteroatoms. The van der Waals surface area contributed by atoms with E-state index in [2.05, 4.69) is 5.32 Å². The van der Waals surface area contributed by atoms with Gasteiger partial charge in [-0.1, -0.05) is 18.2 Å². The first kappa shape index (κ1) is 19.9. The summed E-state index contributed by atoms with van der Waals surface area (Å²) in [5.41, 5.74) is 8.46. The Morgan fingerprint density at radius 3 is 2.83 bits per heavy atom. The van der Waals surface area contributed by atoms with Crippen LogP contribution in [0.5, 0.6) is 0 Å². The maximum absolute atomic E-state index is 14.2. The lowest BCUT2D eigenvalue weighted by Crippen LogP contribution is -2.26. The Hall–Kier alpha value is -2.39. The molecule has 154 valence electrons. The highest BCUT2D eigenvalue weighted by molar-refractivity contribution is 8.24. The van der Waals surface area contributed by atoms with Crippen LogP contribution < -0.4 is 16.0 Å². The first-order chi connectivity index (χ1) is 13.9. The summed E-state index contributed by atoms with van der Waals surface area (Å²) in [5.74, 6) is 0.576. The predicted octanol–water partition coefficient (Wildman–Crippen LogP) is 4.18. The third-order valence-corrected chi connectivity index (χ3v) is 7.05. The van der Waals surface area contributed by atoms with E-state index in [0.717, 1.165) is 16.6 Å². The number of rotatable bonds is 4. The largest absolute Gasteiger partial charge is 0.383 e. The van der Waals surface area contributed by atoms with E-state index < -0.39 is 10.6 Å². The fourth-order valence-corrected chi connectivity index (χ4v) is 5.18. The molecule has 0 amide bonds. The van der Waals surface area contributed by atoms with Gasteiger partial charge in [-0.15, -0.1) is 0 Å². The lowest BCUT2D eigenvalue weighted by Gasteiger charge is -2.32. The number of halogens is 1. The predicted molar refractivity (Wildman–Crippen MR) is 117 cm³/mol. The van der Waals surface area contributed by atoms with Crippen LogP contribution in [0.3, 0.4) is 0 Å². The van der Waals surface area contributed by atoms with Crippen molar-refractivity contribution in [2.24, 2.45) is 5.73 Å². The molecule has 0 fully saturated rings. The smallest absolute Gasteiger partial charge is 0.131 e. The number of aryl methyl sites for hydroxylation is 1. The minimum Gasteiger partial charge on any atom is -0.383 e. The minimum atomic E-state index is -2.86. The SMILES string of the molecule is Cc1cc2c(NCCN)cc(N3CCS(O)(O)c4ccccc4C3)nc2cc1F. The fraction of sp³-hybridized carbons (Fsp3) is 0.286. The van der Waals surface area contributed by atoms with Crippen LogP contribution in [0.2, 0.25) is 0 Å². The second-order valence-corrected chi connectivity index (χ2v) is 9.44. The fourth-order valence-electron chi connectivity index (χ4n) is 3.64. The second-order valence-electron chi connectivity index (χ2n) is 7.26. The molecule has 4 rings (SSSR count). The summed E-state index contributed by atoms with van der Waals surface area (Å²) < 4.78 is 35.4. The average Bonchev–Trinajstić information content (AvgIpc) is 2.83. The van der Waals surface area contributed by atoms with Gasteiger partial charge >= 0.3 is 0 Å². The molecule has 5 N–H and O–H groups in total. The summed E-state index contributed by atoms with van der Waals surface area (Å²) in [6.45, 7) is 3.71. The summed E-state index contributed by atoms with van der Waals surface area (Å²) in [6.07, 6.45) is 0. The minimum absolute atomic E-state index is 0.220. The van der Waals surface area contributed by atoms with Gasteiger partial charge in [0.15, 0.2) is 0 Å². The molecule has 3 aromatic rings. The van der Waals surface area contributed by atoms with Gasteiger partial charge in [-0.05, 0) is 30.2 Å². The van der Waals surface area contributed by atoms with Crippen molar-refractivity contribution < 1.29 is 13.5 Å². The average molecular weight is 417 g/mol. The Balaban J connectivity index is 1.80. The number of hydrogen-bond acceptors (Lipinski definition) is 6. The quantitative estimate of drug-likeness (QED) is 0.510. The van der Waals surface area contributed by atoms with E-state index in [0.29, 0.717) is 48.0 Å². The lowest BCUT2D eigenvalue weighted by molar-refractivity contribution is 0.488. The molecule has 29 heavy (non-hydrogen) atoms. The maximum Gasteiger partial charge on any atom is 0.131 e. The molecule has 0 spiro atoms. The number of hydrogen-bond donors (Lipinski definition) is 4. The zero-order valence-electron chi connectivity index (χ0n) is 16.2. The zero-order valence-corrected chi connectivity index (χ0v) is 17.0. The van der Waals surface area contributed by atoms with Crippen molar-refractivity contribution in [2.75, 3.05) is 35.6 Å². The van der Waals surface area contributed by atoms with Gasteiger partial charge in [0.25, 0.3) is 0 Å². The van der Waals surface area contributed by atoms with Gasteiger partial charge in [-0.2, -0.15) is 10.6 Å². The third-order valence-electron chi connectivity index (χ3n) is 5.19. The van der Waals surface area contributed by atoms with Crippen LogP contribution in [-0.4, -0.2) is 39.5 Å². The first-order valence-corrected chi connectivity index (χ1v) is 11.2. The maximum atomic E-state index is 14.2. The van der Waals surface area contributed by atoms with Crippen LogP contribution in [-0.2, 0) is 6.54 Å². The molecule has 0 saturated carbocycles. The summed E-state index contributed by atoms with van der Waals surface area (Å²) in [4.78, 5) is 7.29. The molecule has 6 nitrogen and oxygen atoms in total. The molecule has 1 aliphatic heterocycles. The van der Waals surface area contributed by atoms with E-state index in [-0.39, 0.29) is 11.6 Å². The first-order valence-electron chi connectivity index (χ1n) is 9.52. The van der Waals surface area contributed by atoms with E-state index in [4.69, 9.17) is 10.7 Å². The van der Waals surface area contributed by atoms with Gasteiger partial charge in [0.2, 0.25) is 0 Å². The van der Waals surface area contributed by atoms with Crippen LogP contribution in [0.15, 0.2) is 47.4 Å². The van der Waals surface area contributed by atoms with Crippen LogP contribution >= 0.6 is 10.6 Å². The number of pyridine rings is 1. The van der Waals surface area contributed by atoms with Crippen LogP contribution in [0, 0.1) is 12.7 Å². The molecule has 0 unspecified atom stereocenters. The van der Waals surface area contributed by atoms with Gasteiger partial charge < -0.3 is 16.0 Å². The monoisotopic (exact) mass is 416 g/mol. The van der Waals surface area contributed by atoms with Crippen molar-refractivity contribution in [1.82, 2.24) is 4.98 Å². The molecule has 1 aromatic heterocycles. The van der Waals surface area contributed by atoms with Crippen molar-refractivity contribution >= 4 is 33.0 Å². The van der Waals surface area contributed by atoms with E-state index >= 15 is 0 Å². The Bertz CT molecular complexity index is 1060. The summed E-state index contributed by atoms with van der Waals surface area (Å²) in [5, 5.41) is 4.14. The van der Waals surface area contributed by atoms with Gasteiger partial charge in [-0.25, -0.2) is 9.37 Å². The number of anilines is 2. The summed E-state index contributed by atoms with van der Waals surface area (Å²) in [7, 11) is -2.86. The van der Waals surface area contributed by atoms with Crippen LogP contribution in [0.4, 0.5) is 15.9 Å². The van der Waals surface area contributed by atoms with Crippen LogP contribution in [0.25, 0.3) is 10.9 Å². The second kappa shape index (κ2) is 7.79. The highest BCUT2D eigenvalue weighted by Gasteiger charge is 2.26. The number of aromatic nitrogens is 1. The third kappa shape index (κ3) is 3.89. The number of nitrogens with zero attached hydrogens (tertiary/aromatic N) is 2. The number of nitrogens with two attached hydrogens (primary N) is 1. The number of benzene rings is 2. The van der Waals surface area contributed by atoms with Crippen molar-refractivity contribution in [3.63, 3.8) is 0 Å². The molecule has 0 saturated heterocycles. The molecule has 0 bridgehead atoms. The Labute approximate surface area is 170 Å². The van der Waals surface area contributed by atoms with E-state index in [9.17, 15) is 13.5 Å². The van der Waals surface area contributed by atoms with E-state index in [1.54, 1.807) is 19.1 Å². The molecule has 1 aliphatic rings. The van der Waals surface area contributed by atoms with Gasteiger partial charge in [0.05, 0.1) is 16.2 Å². The van der Waals surface area contributed by atoms with E-state index in [1.807, 2.05) is 29.2 Å².